The van der Waals surface area contributed by atoms with Crippen molar-refractivity contribution >= 4 is 12.0 Å². The number of hydrogen-bond donors (Lipinski definition) is 0. The van der Waals surface area contributed by atoms with E-state index in [0.717, 1.165) is 17.4 Å². The highest BCUT2D eigenvalue weighted by Gasteiger charge is 2.33. The van der Waals surface area contributed by atoms with Crippen molar-refractivity contribution in [3.8, 4) is 17.0 Å². The number of non-ortho nitro benzene ring substituents is 1. The van der Waals surface area contributed by atoms with Gasteiger partial charge in [0.05, 0.1) is 16.7 Å². The van der Waals surface area contributed by atoms with Crippen molar-refractivity contribution < 1.29 is 27.6 Å². The number of pyridine rings is 1. The normalized spacial score (nSPS) is 15.8. The van der Waals surface area contributed by atoms with E-state index in [-0.39, 0.29) is 11.4 Å². The van der Waals surface area contributed by atoms with Crippen LogP contribution >= 0.6 is 0 Å². The smallest absolute Gasteiger partial charge is 0.406 e. The van der Waals surface area contributed by atoms with Crippen LogP contribution < -0.4 is 4.74 Å². The second-order valence-electron chi connectivity index (χ2n) is 7.65. The second-order valence-corrected chi connectivity index (χ2v) is 7.65. The fourth-order valence-corrected chi connectivity index (χ4v) is 4.05. The lowest BCUT2D eigenvalue weighted by Gasteiger charge is -2.21. The fraction of sp³-hybridized carbons (Fsp3) is 0.217. The molecule has 1 atom stereocenters. The van der Waals surface area contributed by atoms with E-state index >= 15 is 0 Å². The van der Waals surface area contributed by atoms with Crippen molar-refractivity contribution in [3.63, 3.8) is 0 Å². The number of aryl methyl sites for hydroxylation is 1. The van der Waals surface area contributed by atoms with Gasteiger partial charge >= 0.3 is 6.36 Å². The minimum atomic E-state index is -4.76. The maximum atomic E-state index is 12.4. The molecule has 2 aromatic carbocycles. The highest BCUT2D eigenvalue weighted by molar-refractivity contribution is 5.69. The Balaban J connectivity index is 1.59. The zero-order chi connectivity index (χ0) is 23.8. The van der Waals surface area contributed by atoms with Gasteiger partial charge in [-0.05, 0) is 36.2 Å². The molecule has 1 aliphatic rings. The number of alkyl halides is 3. The van der Waals surface area contributed by atoms with Crippen LogP contribution in [-0.2, 0) is 17.9 Å². The summed E-state index contributed by atoms with van der Waals surface area (Å²) >= 11 is 0. The average molecular weight is 457 g/mol. The number of ether oxygens (including phenoxy) is 1. The van der Waals surface area contributed by atoms with Crippen LogP contribution in [0.5, 0.6) is 5.75 Å². The molecule has 0 N–H and O–H groups in total. The third-order valence-corrected chi connectivity index (χ3v) is 5.42. The van der Waals surface area contributed by atoms with Crippen LogP contribution in [0.3, 0.4) is 0 Å². The molecule has 0 aliphatic carbocycles. The van der Waals surface area contributed by atoms with E-state index in [1.165, 1.54) is 36.4 Å². The Morgan fingerprint density at radius 1 is 1.21 bits per heavy atom. The molecule has 33 heavy (non-hydrogen) atoms. The lowest BCUT2D eigenvalue weighted by molar-refractivity contribution is -0.384. The molecule has 7 nitrogen and oxygen atoms in total. The molecule has 0 fully saturated rings. The van der Waals surface area contributed by atoms with Gasteiger partial charge in [0.2, 0.25) is 0 Å². The standard InChI is InChI=1S/C23H18F3N3O4/c1-14-22-17(10-20(27-14)16-3-2-4-18(9-16)29(31)32)12-28(21(22)13-30)11-15-5-7-19(8-6-15)33-23(24,25)26/h2-10,13,21H,11-12H2,1H3. The molecule has 0 spiro atoms. The summed E-state index contributed by atoms with van der Waals surface area (Å²) in [5.74, 6) is -0.315. The molecule has 0 saturated carbocycles. The summed E-state index contributed by atoms with van der Waals surface area (Å²) in [6, 6.07) is 12.9. The molecule has 0 saturated heterocycles. The molecule has 1 aromatic heterocycles. The number of rotatable bonds is 6. The van der Waals surface area contributed by atoms with E-state index in [9.17, 15) is 28.1 Å². The van der Waals surface area contributed by atoms with Crippen molar-refractivity contribution in [3.05, 3.63) is 87.1 Å². The van der Waals surface area contributed by atoms with Crippen LogP contribution in [0.15, 0.2) is 54.6 Å². The van der Waals surface area contributed by atoms with Gasteiger partial charge in [-0.25, -0.2) is 0 Å². The third-order valence-electron chi connectivity index (χ3n) is 5.42. The molecule has 0 bridgehead atoms. The van der Waals surface area contributed by atoms with E-state index in [1.807, 2.05) is 11.0 Å². The summed E-state index contributed by atoms with van der Waals surface area (Å²) in [4.78, 5) is 29.0. The maximum Gasteiger partial charge on any atom is 0.573 e. The van der Waals surface area contributed by atoms with Gasteiger partial charge in [-0.2, -0.15) is 0 Å². The SMILES string of the molecule is Cc1nc(-c2cccc([N+](=O)[O-])c2)cc2c1C(C=O)N(Cc1ccc(OC(F)(F)F)cc1)C2. The van der Waals surface area contributed by atoms with Gasteiger partial charge < -0.3 is 9.53 Å². The quantitative estimate of drug-likeness (QED) is 0.290. The predicted octanol–water partition coefficient (Wildman–Crippen LogP) is 5.12. The lowest BCUT2D eigenvalue weighted by atomic mass is 10.0. The molecule has 170 valence electrons. The molecule has 4 rings (SSSR count). The Kier molecular flexibility index (Phi) is 5.86. The molecule has 3 aromatic rings. The Labute approximate surface area is 186 Å². The zero-order valence-corrected chi connectivity index (χ0v) is 17.4. The minimum absolute atomic E-state index is 0.0437. The third kappa shape index (κ3) is 4.85. The number of nitro groups is 1. The first-order valence-corrected chi connectivity index (χ1v) is 9.94. The van der Waals surface area contributed by atoms with Crippen LogP contribution in [0.25, 0.3) is 11.3 Å². The van der Waals surface area contributed by atoms with Gasteiger partial charge in [-0.15, -0.1) is 13.2 Å². The number of nitro benzene ring substituents is 1. The molecule has 0 radical (unpaired) electrons. The topological polar surface area (TPSA) is 85.6 Å². The number of hydrogen-bond acceptors (Lipinski definition) is 6. The Morgan fingerprint density at radius 3 is 2.58 bits per heavy atom. The van der Waals surface area contributed by atoms with E-state index < -0.39 is 17.3 Å². The van der Waals surface area contributed by atoms with Gasteiger partial charge in [-0.3, -0.25) is 20.0 Å². The van der Waals surface area contributed by atoms with Crippen LogP contribution in [0, 0.1) is 17.0 Å². The predicted molar refractivity (Wildman–Crippen MR) is 112 cm³/mol. The van der Waals surface area contributed by atoms with Gasteiger partial charge in [0.25, 0.3) is 5.69 Å². The lowest BCUT2D eigenvalue weighted by Crippen LogP contribution is -2.23. The van der Waals surface area contributed by atoms with Gasteiger partial charge in [-0.1, -0.05) is 24.3 Å². The summed E-state index contributed by atoms with van der Waals surface area (Å²) in [5, 5.41) is 11.1. The van der Waals surface area contributed by atoms with Gasteiger partial charge in [0.15, 0.2) is 0 Å². The van der Waals surface area contributed by atoms with Crippen molar-refractivity contribution in [1.29, 1.82) is 0 Å². The molecule has 2 heterocycles. The second kappa shape index (κ2) is 8.62. The zero-order valence-electron chi connectivity index (χ0n) is 17.4. The highest BCUT2D eigenvalue weighted by atomic mass is 19.4. The van der Waals surface area contributed by atoms with Crippen LogP contribution in [0.4, 0.5) is 18.9 Å². The number of benzene rings is 2. The van der Waals surface area contributed by atoms with Crippen LogP contribution in [0.1, 0.15) is 28.4 Å². The Bertz CT molecular complexity index is 1210. The van der Waals surface area contributed by atoms with Crippen molar-refractivity contribution in [2.75, 3.05) is 0 Å². The number of aldehydes is 1. The number of aromatic nitrogens is 1. The molecule has 1 aliphatic heterocycles. The number of carbonyl (C=O) groups is 1. The fourth-order valence-electron chi connectivity index (χ4n) is 4.05. The summed E-state index contributed by atoms with van der Waals surface area (Å²) in [6.07, 6.45) is -3.95. The first-order valence-electron chi connectivity index (χ1n) is 9.94. The molecular formula is C23H18F3N3O4. The van der Waals surface area contributed by atoms with E-state index in [1.54, 1.807) is 19.1 Å². The summed E-state index contributed by atoms with van der Waals surface area (Å²) in [6.45, 7) is 2.53. The first-order chi connectivity index (χ1) is 15.6. The van der Waals surface area contributed by atoms with E-state index in [4.69, 9.17) is 0 Å². The monoisotopic (exact) mass is 457 g/mol. The van der Waals surface area contributed by atoms with Gasteiger partial charge in [0.1, 0.15) is 12.0 Å². The van der Waals surface area contributed by atoms with Crippen molar-refractivity contribution in [2.45, 2.75) is 32.4 Å². The number of fused-ring (bicyclic) bond motifs is 1. The van der Waals surface area contributed by atoms with Crippen molar-refractivity contribution in [2.24, 2.45) is 0 Å². The van der Waals surface area contributed by atoms with Crippen LogP contribution in [0.2, 0.25) is 0 Å². The Morgan fingerprint density at radius 2 is 1.94 bits per heavy atom. The molecule has 1 unspecified atom stereocenters. The number of halogens is 3. The molecular weight excluding hydrogens is 439 g/mol. The molecule has 10 heteroatoms. The number of carbonyl (C=O) groups excluding carboxylic acids is 1. The van der Waals surface area contributed by atoms with Crippen LogP contribution in [-0.4, -0.2) is 27.5 Å². The van der Waals surface area contributed by atoms with Crippen molar-refractivity contribution in [1.82, 2.24) is 9.88 Å². The molecule has 0 amide bonds. The summed E-state index contributed by atoms with van der Waals surface area (Å²) < 4.78 is 41.0. The average Bonchev–Trinajstić information content (AvgIpc) is 3.11. The summed E-state index contributed by atoms with van der Waals surface area (Å²) in [5.41, 5.74) is 4.12. The maximum absolute atomic E-state index is 12.4. The first kappa shape index (κ1) is 22.4. The minimum Gasteiger partial charge on any atom is -0.406 e. The summed E-state index contributed by atoms with van der Waals surface area (Å²) in [7, 11) is 0. The Hall–Kier alpha value is -3.79. The van der Waals surface area contributed by atoms with Gasteiger partial charge in [0, 0.05) is 42.0 Å². The highest BCUT2D eigenvalue weighted by Crippen LogP contribution is 2.37. The largest absolute Gasteiger partial charge is 0.573 e. The van der Waals surface area contributed by atoms with E-state index in [0.29, 0.717) is 35.6 Å². The number of nitrogens with zero attached hydrogens (tertiary/aromatic N) is 3. The van der Waals surface area contributed by atoms with E-state index in [2.05, 4.69) is 9.72 Å².